The molecule has 0 fully saturated rings. The van der Waals surface area contributed by atoms with Gasteiger partial charge in [-0.3, -0.25) is 4.79 Å². The molecule has 3 nitrogen and oxygen atoms in total. The molecular formula is C12H27NO2. The van der Waals surface area contributed by atoms with Crippen LogP contribution in [0, 0.1) is 5.92 Å². The van der Waals surface area contributed by atoms with Crippen molar-refractivity contribution in [3.05, 3.63) is 0 Å². The third kappa shape index (κ3) is 9.73. The van der Waals surface area contributed by atoms with E-state index in [-0.39, 0.29) is 18.0 Å². The SMILES string of the molecule is CCCCCCCCC(C)C(=O)OC.N. The first kappa shape index (κ1) is 16.8. The van der Waals surface area contributed by atoms with Crippen LogP contribution in [0.25, 0.3) is 0 Å². The molecule has 0 saturated carbocycles. The van der Waals surface area contributed by atoms with Crippen molar-refractivity contribution in [3.63, 3.8) is 0 Å². The lowest BCUT2D eigenvalue weighted by Gasteiger charge is -2.08. The van der Waals surface area contributed by atoms with E-state index in [1.165, 1.54) is 39.2 Å². The molecule has 0 spiro atoms. The number of unbranched alkanes of at least 4 members (excludes halogenated alkanes) is 5. The van der Waals surface area contributed by atoms with E-state index >= 15 is 0 Å². The standard InChI is InChI=1S/C12H24O2.H3N/c1-4-5-6-7-8-9-10-11(2)12(13)14-3;/h11H,4-10H2,1-3H3;1H3. The molecule has 0 aromatic carbocycles. The molecule has 92 valence electrons. The maximum absolute atomic E-state index is 11.1. The second kappa shape index (κ2) is 11.5. The van der Waals surface area contributed by atoms with Gasteiger partial charge in [-0.1, -0.05) is 52.4 Å². The Morgan fingerprint density at radius 2 is 1.67 bits per heavy atom. The van der Waals surface area contributed by atoms with E-state index in [1.807, 2.05) is 6.92 Å². The first-order chi connectivity index (χ1) is 6.72. The molecule has 15 heavy (non-hydrogen) atoms. The summed E-state index contributed by atoms with van der Waals surface area (Å²) in [7, 11) is 1.46. The first-order valence-corrected chi connectivity index (χ1v) is 5.80. The van der Waals surface area contributed by atoms with Crippen molar-refractivity contribution in [2.45, 2.75) is 58.8 Å². The van der Waals surface area contributed by atoms with E-state index in [0.29, 0.717) is 0 Å². The quantitative estimate of drug-likeness (QED) is 0.498. The van der Waals surface area contributed by atoms with Gasteiger partial charge in [-0.15, -0.1) is 0 Å². The Labute approximate surface area is 94.2 Å². The summed E-state index contributed by atoms with van der Waals surface area (Å²) in [4.78, 5) is 11.1. The highest BCUT2D eigenvalue weighted by molar-refractivity contribution is 5.71. The highest BCUT2D eigenvalue weighted by atomic mass is 16.5. The average molecular weight is 217 g/mol. The monoisotopic (exact) mass is 217 g/mol. The molecular weight excluding hydrogens is 190 g/mol. The lowest BCUT2D eigenvalue weighted by molar-refractivity contribution is -0.145. The minimum atomic E-state index is -0.0708. The molecule has 0 rings (SSSR count). The van der Waals surface area contributed by atoms with Crippen molar-refractivity contribution in [1.82, 2.24) is 6.15 Å². The normalized spacial score (nSPS) is 11.7. The van der Waals surface area contributed by atoms with Crippen molar-refractivity contribution in [2.24, 2.45) is 5.92 Å². The van der Waals surface area contributed by atoms with Gasteiger partial charge in [0.25, 0.3) is 0 Å². The maximum atomic E-state index is 11.1. The Kier molecular flexibility index (Phi) is 12.9. The zero-order valence-corrected chi connectivity index (χ0v) is 10.6. The van der Waals surface area contributed by atoms with E-state index in [4.69, 9.17) is 0 Å². The van der Waals surface area contributed by atoms with Gasteiger partial charge in [0.15, 0.2) is 0 Å². The zero-order chi connectivity index (χ0) is 10.8. The fourth-order valence-electron chi connectivity index (χ4n) is 1.55. The van der Waals surface area contributed by atoms with Crippen molar-refractivity contribution >= 4 is 5.97 Å². The fourth-order valence-corrected chi connectivity index (χ4v) is 1.55. The molecule has 0 aliphatic rings. The average Bonchev–Trinajstić information content (AvgIpc) is 2.21. The minimum absolute atomic E-state index is 0. The topological polar surface area (TPSA) is 61.3 Å². The molecule has 0 heterocycles. The fraction of sp³-hybridized carbons (Fsp3) is 0.917. The summed E-state index contributed by atoms with van der Waals surface area (Å²) in [6.07, 6.45) is 8.65. The molecule has 3 heteroatoms. The number of esters is 1. The Morgan fingerprint density at radius 1 is 1.13 bits per heavy atom. The minimum Gasteiger partial charge on any atom is -0.469 e. The number of hydrogen-bond donors (Lipinski definition) is 1. The highest BCUT2D eigenvalue weighted by Gasteiger charge is 2.11. The van der Waals surface area contributed by atoms with Crippen LogP contribution in [0.3, 0.4) is 0 Å². The van der Waals surface area contributed by atoms with Crippen molar-refractivity contribution in [3.8, 4) is 0 Å². The highest BCUT2D eigenvalue weighted by Crippen LogP contribution is 2.12. The number of ether oxygens (including phenoxy) is 1. The summed E-state index contributed by atoms with van der Waals surface area (Å²) in [6, 6.07) is 0. The van der Waals surface area contributed by atoms with Gasteiger partial charge in [0, 0.05) is 0 Å². The predicted octanol–water partition coefficient (Wildman–Crippen LogP) is 3.71. The molecule has 1 atom stereocenters. The molecule has 0 bridgehead atoms. The summed E-state index contributed by atoms with van der Waals surface area (Å²) in [5.41, 5.74) is 0. The van der Waals surface area contributed by atoms with Gasteiger partial charge < -0.3 is 10.9 Å². The zero-order valence-electron chi connectivity index (χ0n) is 10.6. The second-order valence-corrected chi connectivity index (χ2v) is 3.98. The molecule has 3 N–H and O–H groups in total. The molecule has 0 amide bonds. The van der Waals surface area contributed by atoms with Crippen LogP contribution in [0.2, 0.25) is 0 Å². The molecule has 1 unspecified atom stereocenters. The first-order valence-electron chi connectivity index (χ1n) is 5.80. The molecule has 0 radical (unpaired) electrons. The predicted molar refractivity (Wildman–Crippen MR) is 64.2 cm³/mol. The largest absolute Gasteiger partial charge is 0.469 e. The summed E-state index contributed by atoms with van der Waals surface area (Å²) >= 11 is 0. The summed E-state index contributed by atoms with van der Waals surface area (Å²) < 4.78 is 4.67. The van der Waals surface area contributed by atoms with Crippen molar-refractivity contribution < 1.29 is 9.53 Å². The Balaban J connectivity index is 0. The van der Waals surface area contributed by atoms with Gasteiger partial charge in [-0.25, -0.2) is 0 Å². The number of hydrogen-bond acceptors (Lipinski definition) is 3. The van der Waals surface area contributed by atoms with E-state index in [1.54, 1.807) is 0 Å². The van der Waals surface area contributed by atoms with Gasteiger partial charge in [0.2, 0.25) is 0 Å². The lowest BCUT2D eigenvalue weighted by atomic mass is 10.0. The Hall–Kier alpha value is -0.570. The van der Waals surface area contributed by atoms with E-state index in [9.17, 15) is 4.79 Å². The molecule has 0 aromatic heterocycles. The van der Waals surface area contributed by atoms with Crippen LogP contribution in [0.5, 0.6) is 0 Å². The smallest absolute Gasteiger partial charge is 0.308 e. The van der Waals surface area contributed by atoms with Crippen LogP contribution in [-0.2, 0) is 9.53 Å². The van der Waals surface area contributed by atoms with Crippen LogP contribution < -0.4 is 6.15 Å². The molecule has 0 aliphatic heterocycles. The summed E-state index contributed by atoms with van der Waals surface area (Å²) in [5, 5.41) is 0. The van der Waals surface area contributed by atoms with Crippen molar-refractivity contribution in [1.29, 1.82) is 0 Å². The van der Waals surface area contributed by atoms with Crippen LogP contribution in [0.1, 0.15) is 58.8 Å². The van der Waals surface area contributed by atoms with E-state index in [2.05, 4.69) is 11.7 Å². The molecule has 0 aliphatic carbocycles. The van der Waals surface area contributed by atoms with Crippen LogP contribution in [0.4, 0.5) is 0 Å². The van der Waals surface area contributed by atoms with Gasteiger partial charge in [-0.05, 0) is 6.42 Å². The molecule has 0 saturated heterocycles. The van der Waals surface area contributed by atoms with Crippen LogP contribution in [-0.4, -0.2) is 13.1 Å². The number of carbonyl (C=O) groups excluding carboxylic acids is 1. The lowest BCUT2D eigenvalue weighted by Crippen LogP contribution is -2.12. The van der Waals surface area contributed by atoms with Crippen molar-refractivity contribution in [2.75, 3.05) is 7.11 Å². The summed E-state index contributed by atoms with van der Waals surface area (Å²) in [5.74, 6) is 0.00438. The maximum Gasteiger partial charge on any atom is 0.308 e. The third-order valence-corrected chi connectivity index (χ3v) is 2.59. The Bertz CT molecular complexity index is 149. The number of rotatable bonds is 8. The van der Waals surface area contributed by atoms with Gasteiger partial charge >= 0.3 is 5.97 Å². The number of carbonyl (C=O) groups is 1. The van der Waals surface area contributed by atoms with Gasteiger partial charge in [-0.2, -0.15) is 0 Å². The van der Waals surface area contributed by atoms with Gasteiger partial charge in [0.1, 0.15) is 0 Å². The Morgan fingerprint density at radius 3 is 2.20 bits per heavy atom. The van der Waals surface area contributed by atoms with E-state index < -0.39 is 0 Å². The van der Waals surface area contributed by atoms with Crippen LogP contribution in [0.15, 0.2) is 0 Å². The number of methoxy groups -OCH3 is 1. The van der Waals surface area contributed by atoms with Gasteiger partial charge in [0.05, 0.1) is 13.0 Å². The van der Waals surface area contributed by atoms with Crippen LogP contribution >= 0.6 is 0 Å². The van der Waals surface area contributed by atoms with E-state index in [0.717, 1.165) is 12.8 Å². The molecule has 0 aromatic rings. The summed E-state index contributed by atoms with van der Waals surface area (Å²) in [6.45, 7) is 4.16. The third-order valence-electron chi connectivity index (χ3n) is 2.59. The second-order valence-electron chi connectivity index (χ2n) is 3.98.